The van der Waals surface area contributed by atoms with Crippen LogP contribution in [0.1, 0.15) is 23.9 Å². The fourth-order valence-corrected chi connectivity index (χ4v) is 5.06. The van der Waals surface area contributed by atoms with Crippen molar-refractivity contribution in [3.05, 3.63) is 64.0 Å². The summed E-state index contributed by atoms with van der Waals surface area (Å²) in [5, 5.41) is 0. The Labute approximate surface area is 152 Å². The summed E-state index contributed by atoms with van der Waals surface area (Å²) in [7, 11) is 0.540. The van der Waals surface area contributed by atoms with Crippen molar-refractivity contribution in [3.63, 3.8) is 0 Å². The Kier molecular flexibility index (Phi) is 5.36. The Morgan fingerprint density at radius 1 is 1.32 bits per heavy atom. The molecule has 1 atom stereocenters. The van der Waals surface area contributed by atoms with Crippen LogP contribution in [0.25, 0.3) is 10.4 Å². The molecule has 0 fully saturated rings. The van der Waals surface area contributed by atoms with E-state index in [1.165, 1.54) is 11.3 Å². The minimum atomic E-state index is -1.26. The first kappa shape index (κ1) is 17.8. The van der Waals surface area contributed by atoms with Gasteiger partial charge in [0.2, 0.25) is 0 Å². The van der Waals surface area contributed by atoms with Gasteiger partial charge in [-0.3, -0.25) is 4.79 Å². The third-order valence-corrected chi connectivity index (χ3v) is 6.72. The zero-order valence-corrected chi connectivity index (χ0v) is 16.0. The lowest BCUT2D eigenvalue weighted by atomic mass is 10.1. The first-order valence-electron chi connectivity index (χ1n) is 7.98. The van der Waals surface area contributed by atoms with Crippen molar-refractivity contribution in [2.75, 3.05) is 7.05 Å². The number of aromatic nitrogens is 1. The maximum atomic E-state index is 12.7. The number of nitrogens with one attached hydrogen (secondary N) is 1. The van der Waals surface area contributed by atoms with Gasteiger partial charge in [0.1, 0.15) is 21.0 Å². The molecule has 5 nitrogen and oxygen atoms in total. The van der Waals surface area contributed by atoms with Crippen molar-refractivity contribution >= 4 is 22.3 Å². The Bertz CT molecular complexity index is 942. The number of H-pyrrole nitrogens is 1. The molecule has 0 bridgehead atoms. The summed E-state index contributed by atoms with van der Waals surface area (Å²) in [4.78, 5) is 15.8. The Balaban J connectivity index is 1.85. The molecule has 0 aliphatic carbocycles. The summed E-state index contributed by atoms with van der Waals surface area (Å²) in [5.74, 6) is 0.775. The predicted octanol–water partition coefficient (Wildman–Crippen LogP) is 3.72. The zero-order chi connectivity index (χ0) is 18.0. The second kappa shape index (κ2) is 7.51. The van der Waals surface area contributed by atoms with Crippen LogP contribution in [-0.2, 0) is 24.0 Å². The summed E-state index contributed by atoms with van der Waals surface area (Å²) < 4.78 is 20.5. The van der Waals surface area contributed by atoms with E-state index in [9.17, 15) is 9.00 Å². The lowest BCUT2D eigenvalue weighted by Gasteiger charge is -2.12. The molecule has 3 aromatic heterocycles. The molecular formula is C18H20N2O3S2. The van der Waals surface area contributed by atoms with Gasteiger partial charge >= 0.3 is 0 Å². The largest absolute Gasteiger partial charge is 0.468 e. The van der Waals surface area contributed by atoms with Crippen molar-refractivity contribution in [2.24, 2.45) is 0 Å². The van der Waals surface area contributed by atoms with Gasteiger partial charge in [0.25, 0.3) is 5.56 Å². The fourth-order valence-electron chi connectivity index (χ4n) is 2.58. The number of furan rings is 1. The minimum absolute atomic E-state index is 0.0395. The highest BCUT2D eigenvalue weighted by Crippen LogP contribution is 2.32. The number of thiophene rings is 1. The Hall–Kier alpha value is -1.96. The van der Waals surface area contributed by atoms with Crippen LogP contribution in [0.5, 0.6) is 0 Å². The van der Waals surface area contributed by atoms with Gasteiger partial charge in [0.05, 0.1) is 12.8 Å². The van der Waals surface area contributed by atoms with Gasteiger partial charge in [-0.15, -0.1) is 11.3 Å². The highest BCUT2D eigenvalue weighted by Gasteiger charge is 2.16. The van der Waals surface area contributed by atoms with E-state index in [2.05, 4.69) is 4.98 Å². The molecular weight excluding hydrogens is 356 g/mol. The van der Waals surface area contributed by atoms with Gasteiger partial charge in [-0.05, 0) is 43.7 Å². The van der Waals surface area contributed by atoms with Gasteiger partial charge < -0.3 is 9.40 Å². The van der Waals surface area contributed by atoms with Crippen molar-refractivity contribution in [2.45, 2.75) is 31.0 Å². The van der Waals surface area contributed by atoms with Crippen LogP contribution < -0.4 is 5.56 Å². The summed E-state index contributed by atoms with van der Waals surface area (Å²) in [5.41, 5.74) is 2.53. The smallest absolute Gasteiger partial charge is 0.251 e. The average molecular weight is 377 g/mol. The molecule has 132 valence electrons. The standard InChI is InChI=1S/C18H20N2O3S2/c1-4-13-10-15(12(2)19-18(13)21)16-7-8-17(24-16)25(22)20(3)11-14-6-5-9-23-14/h5-10H,4,11H2,1-3H3,(H,19,21). The van der Waals surface area contributed by atoms with Gasteiger partial charge in [-0.1, -0.05) is 6.92 Å². The quantitative estimate of drug-likeness (QED) is 0.713. The molecule has 0 saturated heterocycles. The molecule has 0 aromatic carbocycles. The molecule has 0 aliphatic rings. The maximum absolute atomic E-state index is 12.7. The van der Waals surface area contributed by atoms with Crippen LogP contribution >= 0.6 is 11.3 Å². The number of aryl methyl sites for hydroxylation is 2. The molecule has 3 rings (SSSR count). The molecule has 0 amide bonds. The third kappa shape index (κ3) is 3.84. The van der Waals surface area contributed by atoms with Crippen molar-refractivity contribution in [1.29, 1.82) is 0 Å². The average Bonchev–Trinajstić information content (AvgIpc) is 3.26. The lowest BCUT2D eigenvalue weighted by Crippen LogP contribution is -2.19. The number of aromatic amines is 1. The molecule has 1 N–H and O–H groups in total. The molecule has 0 spiro atoms. The van der Waals surface area contributed by atoms with Gasteiger partial charge in [-0.25, -0.2) is 8.51 Å². The summed E-state index contributed by atoms with van der Waals surface area (Å²) in [6.07, 6.45) is 2.29. The first-order chi connectivity index (χ1) is 12.0. The SMILES string of the molecule is CCc1cc(-c2ccc(S(=O)N(C)Cc3ccco3)s2)c(C)[nH]c1=O. The van der Waals surface area contributed by atoms with E-state index >= 15 is 0 Å². The second-order valence-corrected chi connectivity index (χ2v) is 8.65. The number of rotatable bonds is 6. The van der Waals surface area contributed by atoms with Crippen LogP contribution in [0.15, 0.2) is 50.0 Å². The maximum Gasteiger partial charge on any atom is 0.251 e. The summed E-state index contributed by atoms with van der Waals surface area (Å²) in [6, 6.07) is 9.45. The first-order valence-corrected chi connectivity index (χ1v) is 9.90. The number of nitrogens with zero attached hydrogens (tertiary/aromatic N) is 1. The van der Waals surface area contributed by atoms with E-state index in [-0.39, 0.29) is 5.56 Å². The normalized spacial score (nSPS) is 12.6. The number of hydrogen-bond acceptors (Lipinski definition) is 4. The van der Waals surface area contributed by atoms with Crippen LogP contribution in [0.2, 0.25) is 0 Å². The molecule has 25 heavy (non-hydrogen) atoms. The molecule has 3 aromatic rings. The number of pyridine rings is 1. The Morgan fingerprint density at radius 2 is 2.12 bits per heavy atom. The monoisotopic (exact) mass is 376 g/mol. The summed E-state index contributed by atoms with van der Waals surface area (Å²) in [6.45, 7) is 4.32. The molecule has 3 heterocycles. The van der Waals surface area contributed by atoms with Gasteiger partial charge in [-0.2, -0.15) is 0 Å². The molecule has 0 radical (unpaired) electrons. The van der Waals surface area contributed by atoms with Gasteiger partial charge in [0.15, 0.2) is 0 Å². The minimum Gasteiger partial charge on any atom is -0.468 e. The van der Waals surface area contributed by atoms with Crippen LogP contribution in [-0.4, -0.2) is 20.5 Å². The molecule has 0 saturated carbocycles. The topological polar surface area (TPSA) is 66.3 Å². The van der Waals surface area contributed by atoms with E-state index < -0.39 is 11.0 Å². The molecule has 1 unspecified atom stereocenters. The van der Waals surface area contributed by atoms with Crippen LogP contribution in [0.3, 0.4) is 0 Å². The number of hydrogen-bond donors (Lipinski definition) is 1. The van der Waals surface area contributed by atoms with E-state index in [0.717, 1.165) is 31.7 Å². The van der Waals surface area contributed by atoms with E-state index in [4.69, 9.17) is 4.42 Å². The predicted molar refractivity (Wildman–Crippen MR) is 101 cm³/mol. The third-order valence-electron chi connectivity index (χ3n) is 3.96. The van der Waals surface area contributed by atoms with Crippen molar-refractivity contribution < 1.29 is 8.63 Å². The fraction of sp³-hybridized carbons (Fsp3) is 0.278. The van der Waals surface area contributed by atoms with E-state index in [1.54, 1.807) is 17.6 Å². The van der Waals surface area contributed by atoms with E-state index in [1.807, 2.05) is 44.2 Å². The second-order valence-electron chi connectivity index (χ2n) is 5.75. The highest BCUT2D eigenvalue weighted by molar-refractivity contribution is 7.85. The Morgan fingerprint density at radius 3 is 2.80 bits per heavy atom. The van der Waals surface area contributed by atoms with Crippen molar-refractivity contribution in [1.82, 2.24) is 9.29 Å². The van der Waals surface area contributed by atoms with Crippen molar-refractivity contribution in [3.8, 4) is 10.4 Å². The van der Waals surface area contributed by atoms with Gasteiger partial charge in [0, 0.05) is 28.7 Å². The van der Waals surface area contributed by atoms with Crippen LogP contribution in [0, 0.1) is 6.92 Å². The van der Waals surface area contributed by atoms with E-state index in [0.29, 0.717) is 13.0 Å². The molecule has 7 heteroatoms. The molecule has 0 aliphatic heterocycles. The summed E-state index contributed by atoms with van der Waals surface area (Å²) >= 11 is 1.48. The van der Waals surface area contributed by atoms with Crippen LogP contribution in [0.4, 0.5) is 0 Å². The highest BCUT2D eigenvalue weighted by atomic mass is 32.2. The lowest BCUT2D eigenvalue weighted by molar-refractivity contribution is 0.426. The zero-order valence-electron chi connectivity index (χ0n) is 14.4.